The fourth-order valence-corrected chi connectivity index (χ4v) is 2.72. The van der Waals surface area contributed by atoms with Crippen molar-refractivity contribution in [1.82, 2.24) is 5.32 Å². The number of nitrogens with one attached hydrogen (secondary N) is 1. The molecule has 0 fully saturated rings. The monoisotopic (exact) mass is 356 g/mol. The molecule has 6 heteroatoms. The summed E-state index contributed by atoms with van der Waals surface area (Å²) in [6, 6.07) is 17.4. The highest BCUT2D eigenvalue weighted by Gasteiger charge is 2.37. The maximum absolute atomic E-state index is 12.4. The van der Waals surface area contributed by atoms with Gasteiger partial charge in [0.1, 0.15) is 11.6 Å². The molecule has 3 atom stereocenters. The first-order valence-electron chi connectivity index (χ1n) is 8.39. The van der Waals surface area contributed by atoms with Crippen LogP contribution in [0.25, 0.3) is 0 Å². The van der Waals surface area contributed by atoms with Gasteiger partial charge in [-0.25, -0.2) is 4.79 Å². The molecule has 26 heavy (non-hydrogen) atoms. The molecular weight excluding hydrogens is 332 g/mol. The molecule has 6 nitrogen and oxygen atoms in total. The van der Waals surface area contributed by atoms with Gasteiger partial charge in [0.2, 0.25) is 0 Å². The van der Waals surface area contributed by atoms with Crippen LogP contribution in [0.15, 0.2) is 60.7 Å². The van der Waals surface area contributed by atoms with Crippen LogP contribution in [-0.2, 0) is 22.4 Å². The minimum Gasteiger partial charge on any atom is -0.480 e. The normalized spacial score (nSPS) is 15.5. The van der Waals surface area contributed by atoms with Gasteiger partial charge in [0.25, 0.3) is 5.91 Å². The first-order chi connectivity index (χ1) is 12.3. The van der Waals surface area contributed by atoms with Gasteiger partial charge in [-0.15, -0.1) is 0 Å². The molecule has 0 aromatic heterocycles. The summed E-state index contributed by atoms with van der Waals surface area (Å²) in [5.41, 5.74) is 6.04. The van der Waals surface area contributed by atoms with Gasteiger partial charge in [0, 0.05) is 12.5 Å². The molecule has 0 aliphatic carbocycles. The van der Waals surface area contributed by atoms with Gasteiger partial charge in [-0.3, -0.25) is 4.79 Å². The molecule has 0 aliphatic heterocycles. The van der Waals surface area contributed by atoms with Crippen molar-refractivity contribution < 1.29 is 19.8 Å². The van der Waals surface area contributed by atoms with Crippen molar-refractivity contribution in [2.24, 2.45) is 5.73 Å². The number of carbonyl (C=O) groups excluding carboxylic acids is 1. The van der Waals surface area contributed by atoms with Crippen LogP contribution in [0.2, 0.25) is 0 Å². The number of aliphatic hydroxyl groups is 1. The lowest BCUT2D eigenvalue weighted by atomic mass is 9.92. The van der Waals surface area contributed by atoms with Gasteiger partial charge < -0.3 is 21.3 Å². The summed E-state index contributed by atoms with van der Waals surface area (Å²) in [6.07, 6.45) is -1.11. The highest BCUT2D eigenvalue weighted by molar-refractivity contribution is 5.89. The van der Waals surface area contributed by atoms with Gasteiger partial charge >= 0.3 is 5.97 Å². The van der Waals surface area contributed by atoms with Gasteiger partial charge in [0.15, 0.2) is 0 Å². The molecule has 5 N–H and O–H groups in total. The van der Waals surface area contributed by atoms with Crippen LogP contribution in [0.5, 0.6) is 0 Å². The van der Waals surface area contributed by atoms with Crippen molar-refractivity contribution in [3.8, 4) is 0 Å². The molecule has 1 unspecified atom stereocenters. The third kappa shape index (κ3) is 5.15. The molecule has 0 bridgehead atoms. The lowest BCUT2D eigenvalue weighted by molar-refractivity contribution is -0.148. The summed E-state index contributed by atoms with van der Waals surface area (Å²) in [5.74, 6) is -1.98. The molecule has 0 saturated heterocycles. The van der Waals surface area contributed by atoms with Crippen LogP contribution in [0.4, 0.5) is 0 Å². The number of aliphatic carboxylic acids is 1. The van der Waals surface area contributed by atoms with Crippen LogP contribution in [0, 0.1) is 0 Å². The Labute approximate surface area is 152 Å². The Bertz CT molecular complexity index is 736. The quantitative estimate of drug-likeness (QED) is 0.566. The highest BCUT2D eigenvalue weighted by atomic mass is 16.4. The fourth-order valence-electron chi connectivity index (χ4n) is 2.72. The summed E-state index contributed by atoms with van der Waals surface area (Å²) in [5, 5.41) is 22.2. The second kappa shape index (κ2) is 8.60. The third-order valence-corrected chi connectivity index (χ3v) is 4.26. The van der Waals surface area contributed by atoms with E-state index in [9.17, 15) is 19.8 Å². The van der Waals surface area contributed by atoms with Crippen LogP contribution >= 0.6 is 0 Å². The van der Waals surface area contributed by atoms with E-state index < -0.39 is 29.6 Å². The van der Waals surface area contributed by atoms with Gasteiger partial charge in [-0.2, -0.15) is 0 Å². The smallest absolute Gasteiger partial charge is 0.329 e. The molecule has 0 radical (unpaired) electrons. The van der Waals surface area contributed by atoms with Crippen LogP contribution in [0.1, 0.15) is 18.1 Å². The Hall–Kier alpha value is -2.70. The van der Waals surface area contributed by atoms with E-state index >= 15 is 0 Å². The predicted molar refractivity (Wildman–Crippen MR) is 98.5 cm³/mol. The number of nitrogens with two attached hydrogens (primary N) is 1. The Balaban J connectivity index is 2.05. The summed E-state index contributed by atoms with van der Waals surface area (Å²) in [4.78, 5) is 24.1. The Morgan fingerprint density at radius 3 is 2.04 bits per heavy atom. The summed E-state index contributed by atoms with van der Waals surface area (Å²) in [7, 11) is 0. The van der Waals surface area contributed by atoms with Gasteiger partial charge in [-0.05, 0) is 24.5 Å². The van der Waals surface area contributed by atoms with Crippen molar-refractivity contribution in [2.45, 2.75) is 37.5 Å². The number of benzene rings is 2. The maximum atomic E-state index is 12.4. The lowest BCUT2D eigenvalue weighted by Crippen LogP contribution is -2.59. The summed E-state index contributed by atoms with van der Waals surface area (Å²) < 4.78 is 0. The molecule has 0 saturated carbocycles. The Morgan fingerprint density at radius 1 is 1.04 bits per heavy atom. The van der Waals surface area contributed by atoms with E-state index in [0.717, 1.165) is 11.1 Å². The lowest BCUT2D eigenvalue weighted by Gasteiger charge is -2.29. The SMILES string of the molecule is CC(Cc1ccccc1)(NC(=O)[C@@H](O)[C@H](N)Cc1ccccc1)C(=O)O. The van der Waals surface area contributed by atoms with Gasteiger partial charge in [0.05, 0.1) is 0 Å². The number of carboxylic acid groups (broad SMARTS) is 1. The third-order valence-electron chi connectivity index (χ3n) is 4.26. The van der Waals surface area contributed by atoms with Crippen LogP contribution in [0.3, 0.4) is 0 Å². The van der Waals surface area contributed by atoms with E-state index in [4.69, 9.17) is 5.73 Å². The number of rotatable bonds is 8. The summed E-state index contributed by atoms with van der Waals surface area (Å²) in [6.45, 7) is 1.41. The van der Waals surface area contributed by atoms with Crippen LogP contribution in [-0.4, -0.2) is 39.8 Å². The van der Waals surface area contributed by atoms with E-state index in [-0.39, 0.29) is 6.42 Å². The first-order valence-corrected chi connectivity index (χ1v) is 8.39. The zero-order valence-electron chi connectivity index (χ0n) is 14.6. The average molecular weight is 356 g/mol. The first kappa shape index (κ1) is 19.6. The number of hydrogen-bond donors (Lipinski definition) is 4. The van der Waals surface area contributed by atoms with Gasteiger partial charge in [-0.1, -0.05) is 60.7 Å². The Kier molecular flexibility index (Phi) is 6.49. The number of amides is 1. The zero-order chi connectivity index (χ0) is 19.2. The Morgan fingerprint density at radius 2 is 1.54 bits per heavy atom. The number of carboxylic acids is 1. The largest absolute Gasteiger partial charge is 0.480 e. The molecule has 2 aromatic rings. The maximum Gasteiger partial charge on any atom is 0.329 e. The molecule has 1 amide bonds. The minimum atomic E-state index is -1.55. The van der Waals surface area contributed by atoms with E-state index in [2.05, 4.69) is 5.32 Å². The van der Waals surface area contributed by atoms with Crippen molar-refractivity contribution in [2.75, 3.05) is 0 Å². The van der Waals surface area contributed by atoms with Crippen molar-refractivity contribution >= 4 is 11.9 Å². The fraction of sp³-hybridized carbons (Fsp3) is 0.300. The molecule has 138 valence electrons. The molecule has 0 spiro atoms. The minimum absolute atomic E-state index is 0.0928. The summed E-state index contributed by atoms with van der Waals surface area (Å²) >= 11 is 0. The number of aliphatic hydroxyl groups excluding tert-OH is 1. The molecule has 0 aliphatic rings. The molecule has 2 rings (SSSR count). The van der Waals surface area contributed by atoms with Crippen molar-refractivity contribution in [3.63, 3.8) is 0 Å². The molecular formula is C20H24N2O4. The van der Waals surface area contributed by atoms with E-state index in [1.807, 2.05) is 36.4 Å². The predicted octanol–water partition coefficient (Wildman–Crippen LogP) is 1.12. The molecule has 2 aromatic carbocycles. The van der Waals surface area contributed by atoms with E-state index in [0.29, 0.717) is 6.42 Å². The molecule has 0 heterocycles. The van der Waals surface area contributed by atoms with E-state index in [1.165, 1.54) is 6.92 Å². The topological polar surface area (TPSA) is 113 Å². The zero-order valence-corrected chi connectivity index (χ0v) is 14.6. The average Bonchev–Trinajstić information content (AvgIpc) is 2.62. The second-order valence-electron chi connectivity index (χ2n) is 6.59. The standard InChI is InChI=1S/C20H24N2O4/c1-20(19(25)26,13-15-10-6-3-7-11-15)22-18(24)17(23)16(21)12-14-8-4-2-5-9-14/h2-11,16-17,23H,12-13,21H2,1H3,(H,22,24)(H,25,26)/t16-,17+,20?/m1/s1. The van der Waals surface area contributed by atoms with Crippen molar-refractivity contribution in [1.29, 1.82) is 0 Å². The highest BCUT2D eigenvalue weighted by Crippen LogP contribution is 2.15. The van der Waals surface area contributed by atoms with E-state index in [1.54, 1.807) is 24.3 Å². The number of hydrogen-bond acceptors (Lipinski definition) is 4. The second-order valence-corrected chi connectivity index (χ2v) is 6.59. The number of carbonyl (C=O) groups is 2. The van der Waals surface area contributed by atoms with Crippen molar-refractivity contribution in [3.05, 3.63) is 71.8 Å². The van der Waals surface area contributed by atoms with Crippen LogP contribution < -0.4 is 11.1 Å².